The Labute approximate surface area is 128 Å². The monoisotopic (exact) mass is 308 g/mol. The summed E-state index contributed by atoms with van der Waals surface area (Å²) >= 11 is 0. The van der Waals surface area contributed by atoms with Crippen LogP contribution < -0.4 is 0 Å². The van der Waals surface area contributed by atoms with Crippen molar-refractivity contribution in [3.05, 3.63) is 48.6 Å². The molecule has 2 fully saturated rings. The second kappa shape index (κ2) is 6.87. The second-order valence-corrected chi connectivity index (χ2v) is 5.32. The van der Waals surface area contributed by atoms with Gasteiger partial charge in [0.1, 0.15) is 24.4 Å². The summed E-state index contributed by atoms with van der Waals surface area (Å²) in [5, 5.41) is 20.4. The zero-order chi connectivity index (χ0) is 15.5. The van der Waals surface area contributed by atoms with Gasteiger partial charge in [-0.2, -0.15) is 0 Å². The van der Waals surface area contributed by atoms with Gasteiger partial charge < -0.3 is 29.2 Å². The van der Waals surface area contributed by atoms with Crippen molar-refractivity contribution in [3.8, 4) is 0 Å². The van der Waals surface area contributed by atoms with Crippen molar-refractivity contribution in [2.24, 2.45) is 0 Å². The predicted octanol–water partition coefficient (Wildman–Crippen LogP) is 0.750. The van der Waals surface area contributed by atoms with Crippen LogP contribution in [0.5, 0.6) is 0 Å². The summed E-state index contributed by atoms with van der Waals surface area (Å²) in [6.45, 7) is 4.01. The fourth-order valence-corrected chi connectivity index (χ4v) is 2.66. The molecule has 2 aliphatic heterocycles. The van der Waals surface area contributed by atoms with Gasteiger partial charge in [-0.3, -0.25) is 0 Å². The molecule has 22 heavy (non-hydrogen) atoms. The lowest BCUT2D eigenvalue weighted by atomic mass is 9.98. The minimum atomic E-state index is -1.18. The summed E-state index contributed by atoms with van der Waals surface area (Å²) < 4.78 is 22.4. The summed E-state index contributed by atoms with van der Waals surface area (Å²) in [4.78, 5) is 0. The van der Waals surface area contributed by atoms with Gasteiger partial charge in [0, 0.05) is 5.56 Å². The van der Waals surface area contributed by atoms with Gasteiger partial charge in [-0.05, 0) is 0 Å². The topological polar surface area (TPSA) is 77.4 Å². The minimum absolute atomic E-state index is 0.222. The molecule has 2 aliphatic rings. The van der Waals surface area contributed by atoms with Crippen molar-refractivity contribution >= 4 is 0 Å². The first-order valence-electron chi connectivity index (χ1n) is 7.27. The SMILES string of the molecule is C=CCO[C@@H]1O[C@@H]2COC(c3ccccc3)O[C@H]2[C@H](O)[C@H]1O. The molecule has 2 saturated heterocycles. The van der Waals surface area contributed by atoms with E-state index in [0.717, 1.165) is 5.56 Å². The summed E-state index contributed by atoms with van der Waals surface area (Å²) in [5.41, 5.74) is 0.854. The lowest BCUT2D eigenvalue weighted by Gasteiger charge is -2.46. The highest BCUT2D eigenvalue weighted by atomic mass is 16.8. The maximum atomic E-state index is 10.3. The normalized spacial score (nSPS) is 38.3. The van der Waals surface area contributed by atoms with Crippen LogP contribution in [0.2, 0.25) is 0 Å². The summed E-state index contributed by atoms with van der Waals surface area (Å²) in [6.07, 6.45) is -3.41. The molecule has 6 atom stereocenters. The second-order valence-electron chi connectivity index (χ2n) is 5.32. The third kappa shape index (κ3) is 3.08. The molecule has 1 unspecified atom stereocenters. The van der Waals surface area contributed by atoms with Gasteiger partial charge in [-0.1, -0.05) is 36.4 Å². The molecular weight excluding hydrogens is 288 g/mol. The van der Waals surface area contributed by atoms with Crippen LogP contribution in [0.15, 0.2) is 43.0 Å². The first kappa shape index (κ1) is 15.6. The molecule has 2 heterocycles. The Morgan fingerprint density at radius 3 is 2.68 bits per heavy atom. The van der Waals surface area contributed by atoms with Crippen LogP contribution >= 0.6 is 0 Å². The van der Waals surface area contributed by atoms with Crippen LogP contribution in [-0.2, 0) is 18.9 Å². The average molecular weight is 308 g/mol. The molecule has 0 bridgehead atoms. The number of aliphatic hydroxyl groups is 2. The van der Waals surface area contributed by atoms with E-state index in [4.69, 9.17) is 18.9 Å². The van der Waals surface area contributed by atoms with Crippen molar-refractivity contribution in [2.75, 3.05) is 13.2 Å². The largest absolute Gasteiger partial charge is 0.387 e. The third-order valence-corrected chi connectivity index (χ3v) is 3.78. The highest BCUT2D eigenvalue weighted by Gasteiger charge is 2.49. The molecule has 0 aliphatic carbocycles. The van der Waals surface area contributed by atoms with E-state index in [9.17, 15) is 10.2 Å². The van der Waals surface area contributed by atoms with E-state index in [0.29, 0.717) is 0 Å². The molecule has 0 amide bonds. The van der Waals surface area contributed by atoms with Crippen LogP contribution in [0.1, 0.15) is 11.9 Å². The van der Waals surface area contributed by atoms with E-state index in [1.165, 1.54) is 0 Å². The summed E-state index contributed by atoms with van der Waals surface area (Å²) in [7, 11) is 0. The Kier molecular flexibility index (Phi) is 4.87. The molecule has 2 N–H and O–H groups in total. The van der Waals surface area contributed by atoms with Crippen LogP contribution in [0.3, 0.4) is 0 Å². The van der Waals surface area contributed by atoms with Gasteiger partial charge in [-0.25, -0.2) is 0 Å². The van der Waals surface area contributed by atoms with Crippen LogP contribution in [0.4, 0.5) is 0 Å². The number of ether oxygens (including phenoxy) is 4. The fraction of sp³-hybridized carbons (Fsp3) is 0.500. The number of hydrogen-bond donors (Lipinski definition) is 2. The van der Waals surface area contributed by atoms with E-state index in [1.807, 2.05) is 30.3 Å². The Bertz CT molecular complexity index is 491. The molecule has 120 valence electrons. The molecule has 0 aromatic heterocycles. The maximum absolute atomic E-state index is 10.3. The van der Waals surface area contributed by atoms with Crippen molar-refractivity contribution in [1.29, 1.82) is 0 Å². The van der Waals surface area contributed by atoms with Gasteiger partial charge in [0.05, 0.1) is 13.2 Å². The lowest BCUT2D eigenvalue weighted by molar-refractivity contribution is -0.360. The van der Waals surface area contributed by atoms with Crippen molar-refractivity contribution < 1.29 is 29.2 Å². The highest BCUT2D eigenvalue weighted by Crippen LogP contribution is 2.34. The molecule has 1 aromatic rings. The Morgan fingerprint density at radius 2 is 1.95 bits per heavy atom. The first-order chi connectivity index (χ1) is 10.7. The van der Waals surface area contributed by atoms with Crippen molar-refractivity contribution in [1.82, 2.24) is 0 Å². The molecule has 3 rings (SSSR count). The van der Waals surface area contributed by atoms with E-state index < -0.39 is 37.0 Å². The van der Waals surface area contributed by atoms with Crippen LogP contribution in [-0.4, -0.2) is 54.1 Å². The van der Waals surface area contributed by atoms with Crippen molar-refractivity contribution in [2.45, 2.75) is 37.0 Å². The number of fused-ring (bicyclic) bond motifs is 1. The Hall–Kier alpha value is -1.28. The molecule has 6 nitrogen and oxygen atoms in total. The fourth-order valence-electron chi connectivity index (χ4n) is 2.66. The van der Waals surface area contributed by atoms with Gasteiger partial charge >= 0.3 is 0 Å². The average Bonchev–Trinajstić information content (AvgIpc) is 2.57. The third-order valence-electron chi connectivity index (χ3n) is 3.78. The van der Waals surface area contributed by atoms with Gasteiger partial charge in [0.15, 0.2) is 12.6 Å². The Balaban J connectivity index is 1.69. The number of hydrogen-bond acceptors (Lipinski definition) is 6. The molecule has 1 aromatic carbocycles. The number of aliphatic hydroxyl groups excluding tert-OH is 2. The molecule has 0 radical (unpaired) electrons. The Morgan fingerprint density at radius 1 is 1.18 bits per heavy atom. The summed E-state index contributed by atoms with van der Waals surface area (Å²) in [5.74, 6) is 0. The van der Waals surface area contributed by atoms with Crippen LogP contribution in [0, 0.1) is 0 Å². The van der Waals surface area contributed by atoms with E-state index in [-0.39, 0.29) is 13.2 Å². The first-order valence-corrected chi connectivity index (χ1v) is 7.27. The van der Waals surface area contributed by atoms with Gasteiger partial charge in [0.25, 0.3) is 0 Å². The smallest absolute Gasteiger partial charge is 0.187 e. The predicted molar refractivity (Wildman–Crippen MR) is 76.8 cm³/mol. The zero-order valence-electron chi connectivity index (χ0n) is 12.1. The highest BCUT2D eigenvalue weighted by molar-refractivity contribution is 5.16. The van der Waals surface area contributed by atoms with E-state index in [2.05, 4.69) is 6.58 Å². The molecular formula is C16H20O6. The number of rotatable bonds is 4. The van der Waals surface area contributed by atoms with Crippen molar-refractivity contribution in [3.63, 3.8) is 0 Å². The molecule has 0 saturated carbocycles. The minimum Gasteiger partial charge on any atom is -0.387 e. The molecule has 6 heteroatoms. The summed E-state index contributed by atoms with van der Waals surface area (Å²) in [6, 6.07) is 9.44. The molecule has 0 spiro atoms. The van der Waals surface area contributed by atoms with Crippen LogP contribution in [0.25, 0.3) is 0 Å². The maximum Gasteiger partial charge on any atom is 0.187 e. The van der Waals surface area contributed by atoms with E-state index >= 15 is 0 Å². The standard InChI is InChI=1S/C16H20O6/c1-2-8-19-16-13(18)12(17)14-11(21-16)9-20-15(22-14)10-6-4-3-5-7-10/h2-7,11-18H,1,8-9H2/t11-,12-,13-,14-,15?,16-/m1/s1. The quantitative estimate of drug-likeness (QED) is 0.799. The van der Waals surface area contributed by atoms with E-state index in [1.54, 1.807) is 6.08 Å². The van der Waals surface area contributed by atoms with Gasteiger partial charge in [0.2, 0.25) is 0 Å². The number of benzene rings is 1. The lowest BCUT2D eigenvalue weighted by Crippen LogP contribution is -2.62. The van der Waals surface area contributed by atoms with Gasteiger partial charge in [-0.15, -0.1) is 6.58 Å². The zero-order valence-corrected chi connectivity index (χ0v) is 12.1.